The van der Waals surface area contributed by atoms with Gasteiger partial charge in [0.25, 0.3) is 10.0 Å². The number of benzene rings is 2. The van der Waals surface area contributed by atoms with Gasteiger partial charge in [0.1, 0.15) is 0 Å². The summed E-state index contributed by atoms with van der Waals surface area (Å²) in [5.41, 5.74) is 1.30. The zero-order valence-corrected chi connectivity index (χ0v) is 14.0. The molecule has 106 valence electrons. The van der Waals surface area contributed by atoms with Crippen molar-refractivity contribution in [2.45, 2.75) is 10.8 Å². The van der Waals surface area contributed by atoms with Crippen LogP contribution in [0.25, 0.3) is 0 Å². The Kier molecular flexibility index (Phi) is 4.96. The molecule has 1 N–H and O–H groups in total. The smallest absolute Gasteiger partial charge is 0.261 e. The van der Waals surface area contributed by atoms with Crippen molar-refractivity contribution in [3.8, 4) is 0 Å². The third kappa shape index (κ3) is 3.67. The Morgan fingerprint density at radius 3 is 2.55 bits per heavy atom. The first kappa shape index (κ1) is 15.6. The molecule has 0 spiro atoms. The molecule has 3 nitrogen and oxygen atoms in total. The largest absolute Gasteiger partial charge is 0.280 e. The summed E-state index contributed by atoms with van der Waals surface area (Å²) in [7, 11) is -3.66. The van der Waals surface area contributed by atoms with E-state index in [1.165, 1.54) is 18.2 Å². The lowest BCUT2D eigenvalue weighted by Crippen LogP contribution is -2.13. The standard InChI is InChI=1S/C13H10BrCl2NO2S/c14-12-7-11(4-5-13(12)16)20(18,19)17-10-3-1-2-9(6-10)8-15/h1-7,17H,8H2. The summed E-state index contributed by atoms with van der Waals surface area (Å²) in [6, 6.07) is 11.3. The Morgan fingerprint density at radius 2 is 1.90 bits per heavy atom. The molecule has 0 saturated heterocycles. The summed E-state index contributed by atoms with van der Waals surface area (Å²) in [5, 5.41) is 0.452. The molecule has 0 unspecified atom stereocenters. The van der Waals surface area contributed by atoms with Gasteiger partial charge in [-0.05, 0) is 51.8 Å². The van der Waals surface area contributed by atoms with Crippen molar-refractivity contribution < 1.29 is 8.42 Å². The van der Waals surface area contributed by atoms with Crippen LogP contribution < -0.4 is 4.72 Å². The van der Waals surface area contributed by atoms with Gasteiger partial charge in [-0.2, -0.15) is 0 Å². The van der Waals surface area contributed by atoms with Crippen LogP contribution in [0.4, 0.5) is 5.69 Å². The molecule has 2 aromatic rings. The van der Waals surface area contributed by atoms with E-state index < -0.39 is 10.0 Å². The number of rotatable bonds is 4. The Balaban J connectivity index is 2.32. The van der Waals surface area contributed by atoms with Gasteiger partial charge in [0.05, 0.1) is 9.92 Å². The SMILES string of the molecule is O=S(=O)(Nc1cccc(CCl)c1)c1ccc(Cl)c(Br)c1. The molecule has 0 fully saturated rings. The highest BCUT2D eigenvalue weighted by Crippen LogP contribution is 2.26. The van der Waals surface area contributed by atoms with Gasteiger partial charge in [-0.15, -0.1) is 11.6 Å². The summed E-state index contributed by atoms with van der Waals surface area (Å²) in [4.78, 5) is 0.130. The van der Waals surface area contributed by atoms with Crippen molar-refractivity contribution in [1.29, 1.82) is 0 Å². The molecule has 2 aromatic carbocycles. The number of hydrogen-bond acceptors (Lipinski definition) is 2. The van der Waals surface area contributed by atoms with Crippen molar-refractivity contribution in [3.05, 3.63) is 57.5 Å². The van der Waals surface area contributed by atoms with E-state index in [9.17, 15) is 8.42 Å². The molecule has 7 heteroatoms. The highest BCUT2D eigenvalue weighted by atomic mass is 79.9. The zero-order chi connectivity index (χ0) is 14.8. The summed E-state index contributed by atoms with van der Waals surface area (Å²) < 4.78 is 27.5. The predicted octanol–water partition coefficient (Wildman–Crippen LogP) is 4.64. The van der Waals surface area contributed by atoms with Crippen LogP contribution in [0.5, 0.6) is 0 Å². The minimum absolute atomic E-state index is 0.130. The van der Waals surface area contributed by atoms with E-state index >= 15 is 0 Å². The molecular weight excluding hydrogens is 385 g/mol. The van der Waals surface area contributed by atoms with Gasteiger partial charge in [-0.25, -0.2) is 8.42 Å². The van der Waals surface area contributed by atoms with E-state index in [1.807, 2.05) is 6.07 Å². The monoisotopic (exact) mass is 393 g/mol. The van der Waals surface area contributed by atoms with Crippen LogP contribution in [-0.2, 0) is 15.9 Å². The molecule has 2 rings (SSSR count). The van der Waals surface area contributed by atoms with Crippen LogP contribution in [0.15, 0.2) is 51.8 Å². The first-order valence-corrected chi connectivity index (χ1v) is 8.74. The Hall–Kier alpha value is -0.750. The molecule has 0 bridgehead atoms. The van der Waals surface area contributed by atoms with Gasteiger partial charge in [0.15, 0.2) is 0 Å². The second-order valence-electron chi connectivity index (χ2n) is 4.02. The van der Waals surface area contributed by atoms with E-state index in [0.29, 0.717) is 21.1 Å². The molecule has 0 amide bonds. The van der Waals surface area contributed by atoms with E-state index in [4.69, 9.17) is 23.2 Å². The lowest BCUT2D eigenvalue weighted by molar-refractivity contribution is 0.601. The molecule has 0 radical (unpaired) electrons. The molecule has 0 atom stereocenters. The normalized spacial score (nSPS) is 11.3. The maximum Gasteiger partial charge on any atom is 0.261 e. The topological polar surface area (TPSA) is 46.2 Å². The van der Waals surface area contributed by atoms with E-state index in [1.54, 1.807) is 18.2 Å². The summed E-state index contributed by atoms with van der Waals surface area (Å²) in [5.74, 6) is 0.321. The first-order chi connectivity index (χ1) is 9.42. The molecular formula is C13H10BrCl2NO2S. The van der Waals surface area contributed by atoms with Gasteiger partial charge in [-0.3, -0.25) is 4.72 Å². The van der Waals surface area contributed by atoms with Gasteiger partial charge in [-0.1, -0.05) is 23.7 Å². The van der Waals surface area contributed by atoms with E-state index in [-0.39, 0.29) is 4.90 Å². The fraction of sp³-hybridized carbons (Fsp3) is 0.0769. The first-order valence-electron chi connectivity index (χ1n) is 5.55. The highest BCUT2D eigenvalue weighted by Gasteiger charge is 2.15. The van der Waals surface area contributed by atoms with Gasteiger partial charge in [0, 0.05) is 16.0 Å². The number of halogens is 3. The number of anilines is 1. The van der Waals surface area contributed by atoms with Gasteiger partial charge >= 0.3 is 0 Å². The van der Waals surface area contributed by atoms with Crippen LogP contribution in [0, 0.1) is 0 Å². The molecule has 0 aliphatic rings. The molecule has 0 saturated carbocycles. The third-order valence-electron chi connectivity index (χ3n) is 2.53. The van der Waals surface area contributed by atoms with Crippen molar-refractivity contribution in [2.75, 3.05) is 4.72 Å². The van der Waals surface area contributed by atoms with Crippen LogP contribution in [0.1, 0.15) is 5.56 Å². The van der Waals surface area contributed by atoms with Crippen LogP contribution in [0.3, 0.4) is 0 Å². The molecule has 0 aliphatic heterocycles. The quantitative estimate of drug-likeness (QED) is 0.767. The second-order valence-corrected chi connectivity index (χ2v) is 7.23. The lowest BCUT2D eigenvalue weighted by Gasteiger charge is -2.09. The van der Waals surface area contributed by atoms with Gasteiger partial charge in [0.2, 0.25) is 0 Å². The van der Waals surface area contributed by atoms with Crippen molar-refractivity contribution in [1.82, 2.24) is 0 Å². The minimum atomic E-state index is -3.66. The van der Waals surface area contributed by atoms with Crippen molar-refractivity contribution in [3.63, 3.8) is 0 Å². The Morgan fingerprint density at radius 1 is 1.15 bits per heavy atom. The predicted molar refractivity (Wildman–Crippen MR) is 86.0 cm³/mol. The maximum absolute atomic E-state index is 12.3. The third-order valence-corrected chi connectivity index (χ3v) is 5.44. The molecule has 0 aliphatic carbocycles. The fourth-order valence-corrected chi connectivity index (χ4v) is 3.47. The fourth-order valence-electron chi connectivity index (χ4n) is 1.58. The zero-order valence-electron chi connectivity index (χ0n) is 10.1. The minimum Gasteiger partial charge on any atom is -0.280 e. The van der Waals surface area contributed by atoms with E-state index in [2.05, 4.69) is 20.7 Å². The average molecular weight is 395 g/mol. The lowest BCUT2D eigenvalue weighted by atomic mass is 10.2. The van der Waals surface area contributed by atoms with Crippen molar-refractivity contribution in [2.24, 2.45) is 0 Å². The average Bonchev–Trinajstić information content (AvgIpc) is 2.41. The molecule has 0 heterocycles. The Labute approximate surface area is 136 Å². The van der Waals surface area contributed by atoms with E-state index in [0.717, 1.165) is 5.56 Å². The number of nitrogens with one attached hydrogen (secondary N) is 1. The van der Waals surface area contributed by atoms with Crippen LogP contribution in [0.2, 0.25) is 5.02 Å². The highest BCUT2D eigenvalue weighted by molar-refractivity contribution is 9.10. The number of sulfonamides is 1. The second kappa shape index (κ2) is 6.35. The summed E-state index contributed by atoms with van der Waals surface area (Å²) in [6.45, 7) is 0. The summed E-state index contributed by atoms with van der Waals surface area (Å²) >= 11 is 14.8. The summed E-state index contributed by atoms with van der Waals surface area (Å²) in [6.07, 6.45) is 0. The molecule has 20 heavy (non-hydrogen) atoms. The Bertz CT molecular complexity index is 735. The number of hydrogen-bond donors (Lipinski definition) is 1. The number of alkyl halides is 1. The van der Waals surface area contributed by atoms with Gasteiger partial charge < -0.3 is 0 Å². The van der Waals surface area contributed by atoms with Crippen LogP contribution >= 0.6 is 39.1 Å². The van der Waals surface area contributed by atoms with Crippen LogP contribution in [-0.4, -0.2) is 8.42 Å². The maximum atomic E-state index is 12.3. The molecule has 0 aromatic heterocycles. The van der Waals surface area contributed by atoms with Crippen molar-refractivity contribution >= 4 is 54.8 Å².